The molecule has 0 unspecified atom stereocenters. The molecule has 4 heteroatoms. The van der Waals surface area contributed by atoms with Crippen molar-refractivity contribution in [2.24, 2.45) is 5.92 Å². The Labute approximate surface area is 120 Å². The lowest BCUT2D eigenvalue weighted by molar-refractivity contribution is -0.139. The van der Waals surface area contributed by atoms with Gasteiger partial charge in [-0.3, -0.25) is 4.79 Å². The van der Waals surface area contributed by atoms with Gasteiger partial charge >= 0.3 is 5.97 Å². The molecule has 1 heterocycles. The van der Waals surface area contributed by atoms with Gasteiger partial charge in [0, 0.05) is 19.6 Å². The van der Waals surface area contributed by atoms with Crippen molar-refractivity contribution < 1.29 is 14.6 Å². The zero-order valence-electron chi connectivity index (χ0n) is 12.3. The maximum Gasteiger partial charge on any atom is 0.303 e. The van der Waals surface area contributed by atoms with E-state index in [4.69, 9.17) is 9.84 Å². The fraction of sp³-hybridized carbons (Fsp3) is 0.562. The molecule has 0 bridgehead atoms. The Morgan fingerprint density at radius 3 is 2.85 bits per heavy atom. The fourth-order valence-corrected chi connectivity index (χ4v) is 2.57. The van der Waals surface area contributed by atoms with E-state index in [-0.39, 0.29) is 0 Å². The van der Waals surface area contributed by atoms with Crippen LogP contribution in [0, 0.1) is 19.8 Å². The molecule has 0 saturated carbocycles. The molecule has 0 spiro atoms. The van der Waals surface area contributed by atoms with E-state index < -0.39 is 5.97 Å². The van der Waals surface area contributed by atoms with Gasteiger partial charge < -0.3 is 14.7 Å². The second-order valence-corrected chi connectivity index (χ2v) is 5.69. The average molecular weight is 277 g/mol. The quantitative estimate of drug-likeness (QED) is 0.778. The number of hydrogen-bond acceptors (Lipinski definition) is 3. The van der Waals surface area contributed by atoms with Gasteiger partial charge in [0.15, 0.2) is 0 Å². The predicted octanol–water partition coefficient (Wildman–Crippen LogP) is 2.48. The first-order valence-corrected chi connectivity index (χ1v) is 7.19. The molecule has 1 saturated heterocycles. The second-order valence-electron chi connectivity index (χ2n) is 5.69. The molecule has 1 aliphatic heterocycles. The number of rotatable bonds is 7. The van der Waals surface area contributed by atoms with E-state index in [1.54, 1.807) is 0 Å². The molecular weight excluding hydrogens is 254 g/mol. The molecule has 0 radical (unpaired) electrons. The zero-order valence-corrected chi connectivity index (χ0v) is 12.3. The average Bonchev–Trinajstić information content (AvgIpc) is 2.34. The number of likely N-dealkylation sites (tertiary alicyclic amines) is 1. The summed E-state index contributed by atoms with van der Waals surface area (Å²) < 4.78 is 5.81. The summed E-state index contributed by atoms with van der Waals surface area (Å²) in [6, 6.07) is 6.24. The van der Waals surface area contributed by atoms with Gasteiger partial charge in [-0.1, -0.05) is 12.1 Å². The van der Waals surface area contributed by atoms with Crippen LogP contribution in [0.25, 0.3) is 0 Å². The van der Waals surface area contributed by atoms with Crippen LogP contribution >= 0.6 is 0 Å². The first kappa shape index (κ1) is 14.9. The van der Waals surface area contributed by atoms with Gasteiger partial charge in [-0.2, -0.15) is 0 Å². The molecule has 110 valence electrons. The highest BCUT2D eigenvalue weighted by Gasteiger charge is 2.27. The molecule has 0 atom stereocenters. The van der Waals surface area contributed by atoms with Gasteiger partial charge in [-0.25, -0.2) is 0 Å². The summed E-state index contributed by atoms with van der Waals surface area (Å²) in [5.74, 6) is 0.623. The van der Waals surface area contributed by atoms with E-state index in [0.717, 1.165) is 31.8 Å². The van der Waals surface area contributed by atoms with E-state index in [2.05, 4.69) is 36.9 Å². The van der Waals surface area contributed by atoms with Gasteiger partial charge in [0.1, 0.15) is 5.75 Å². The minimum atomic E-state index is -0.687. The van der Waals surface area contributed by atoms with Crippen LogP contribution in [0.15, 0.2) is 18.2 Å². The van der Waals surface area contributed by atoms with Crippen LogP contribution in [-0.4, -0.2) is 42.2 Å². The van der Waals surface area contributed by atoms with E-state index in [1.165, 1.54) is 11.1 Å². The second kappa shape index (κ2) is 6.75. The van der Waals surface area contributed by atoms with Crippen molar-refractivity contribution in [2.45, 2.75) is 26.7 Å². The number of benzene rings is 1. The van der Waals surface area contributed by atoms with Crippen LogP contribution in [0.2, 0.25) is 0 Å². The summed E-state index contributed by atoms with van der Waals surface area (Å²) in [4.78, 5) is 12.8. The first-order valence-electron chi connectivity index (χ1n) is 7.19. The van der Waals surface area contributed by atoms with Crippen LogP contribution < -0.4 is 4.74 Å². The highest BCUT2D eigenvalue weighted by atomic mass is 16.5. The molecule has 0 aliphatic carbocycles. The number of hydrogen-bond donors (Lipinski definition) is 1. The molecular formula is C16H23NO3. The molecule has 1 aliphatic rings. The summed E-state index contributed by atoms with van der Waals surface area (Å²) in [6.45, 7) is 7.65. The maximum atomic E-state index is 10.5. The van der Waals surface area contributed by atoms with Gasteiger partial charge in [0.05, 0.1) is 13.0 Å². The Morgan fingerprint density at radius 2 is 2.15 bits per heavy atom. The zero-order chi connectivity index (χ0) is 14.5. The molecule has 1 aromatic rings. The predicted molar refractivity (Wildman–Crippen MR) is 78.2 cm³/mol. The number of ether oxygens (including phenoxy) is 1. The molecule has 2 rings (SSSR count). The number of carbonyl (C=O) groups is 1. The SMILES string of the molecule is Cc1ccc(C)c(OCCCN2CC(CC(=O)O)C2)c1. The van der Waals surface area contributed by atoms with E-state index >= 15 is 0 Å². The Bertz CT molecular complexity index is 467. The fourth-order valence-electron chi connectivity index (χ4n) is 2.57. The third-order valence-corrected chi connectivity index (χ3v) is 3.72. The Hall–Kier alpha value is -1.55. The molecule has 1 fully saturated rings. The number of nitrogens with zero attached hydrogens (tertiary/aromatic N) is 1. The first-order chi connectivity index (χ1) is 9.54. The van der Waals surface area contributed by atoms with E-state index in [0.29, 0.717) is 18.9 Å². The highest BCUT2D eigenvalue weighted by molar-refractivity contribution is 5.67. The summed E-state index contributed by atoms with van der Waals surface area (Å²) in [5, 5.41) is 8.69. The number of carboxylic acids is 1. The Kier molecular flexibility index (Phi) is 5.01. The third kappa shape index (κ3) is 4.23. The summed E-state index contributed by atoms with van der Waals surface area (Å²) in [6.07, 6.45) is 1.28. The monoisotopic (exact) mass is 277 g/mol. The van der Waals surface area contributed by atoms with Crippen LogP contribution in [0.5, 0.6) is 5.75 Å². The lowest BCUT2D eigenvalue weighted by atomic mass is 9.96. The molecule has 0 amide bonds. The summed E-state index contributed by atoms with van der Waals surface area (Å²) >= 11 is 0. The van der Waals surface area contributed by atoms with Crippen LogP contribution in [0.4, 0.5) is 0 Å². The highest BCUT2D eigenvalue weighted by Crippen LogP contribution is 2.21. The smallest absolute Gasteiger partial charge is 0.303 e. The van der Waals surface area contributed by atoms with Crippen molar-refractivity contribution in [3.05, 3.63) is 29.3 Å². The summed E-state index contributed by atoms with van der Waals surface area (Å²) in [7, 11) is 0. The molecule has 4 nitrogen and oxygen atoms in total. The van der Waals surface area contributed by atoms with Crippen molar-refractivity contribution in [1.82, 2.24) is 4.90 Å². The van der Waals surface area contributed by atoms with Crippen LogP contribution in [-0.2, 0) is 4.79 Å². The molecule has 1 N–H and O–H groups in total. The normalized spacial score (nSPS) is 15.9. The van der Waals surface area contributed by atoms with Gasteiger partial charge in [-0.15, -0.1) is 0 Å². The molecule has 1 aromatic carbocycles. The molecule has 0 aromatic heterocycles. The summed E-state index contributed by atoms with van der Waals surface area (Å²) in [5.41, 5.74) is 2.38. The largest absolute Gasteiger partial charge is 0.493 e. The lowest BCUT2D eigenvalue weighted by Gasteiger charge is -2.38. The van der Waals surface area contributed by atoms with Crippen molar-refractivity contribution >= 4 is 5.97 Å². The van der Waals surface area contributed by atoms with E-state index in [1.807, 2.05) is 0 Å². The van der Waals surface area contributed by atoms with Crippen molar-refractivity contribution in [1.29, 1.82) is 0 Å². The standard InChI is InChI=1S/C16H23NO3/c1-12-4-5-13(2)15(8-12)20-7-3-6-17-10-14(11-17)9-16(18)19/h4-5,8,14H,3,6-7,9-11H2,1-2H3,(H,18,19). The minimum Gasteiger partial charge on any atom is -0.493 e. The van der Waals surface area contributed by atoms with E-state index in [9.17, 15) is 4.79 Å². The maximum absolute atomic E-state index is 10.5. The van der Waals surface area contributed by atoms with Crippen LogP contribution in [0.1, 0.15) is 24.0 Å². The Morgan fingerprint density at radius 1 is 1.40 bits per heavy atom. The van der Waals surface area contributed by atoms with Gasteiger partial charge in [0.2, 0.25) is 0 Å². The van der Waals surface area contributed by atoms with Gasteiger partial charge in [0.25, 0.3) is 0 Å². The minimum absolute atomic E-state index is 0.301. The van der Waals surface area contributed by atoms with Crippen molar-refractivity contribution in [2.75, 3.05) is 26.2 Å². The number of carboxylic acid groups (broad SMARTS) is 1. The topological polar surface area (TPSA) is 49.8 Å². The Balaban J connectivity index is 1.61. The van der Waals surface area contributed by atoms with Crippen molar-refractivity contribution in [3.63, 3.8) is 0 Å². The molecule has 20 heavy (non-hydrogen) atoms. The third-order valence-electron chi connectivity index (χ3n) is 3.72. The van der Waals surface area contributed by atoms with Gasteiger partial charge in [-0.05, 0) is 43.4 Å². The van der Waals surface area contributed by atoms with Crippen molar-refractivity contribution in [3.8, 4) is 5.75 Å². The number of aryl methyl sites for hydroxylation is 2. The number of aliphatic carboxylic acids is 1. The lowest BCUT2D eigenvalue weighted by Crippen LogP contribution is -2.47. The van der Waals surface area contributed by atoms with Crippen LogP contribution in [0.3, 0.4) is 0 Å².